The minimum absolute atomic E-state index is 0.975. The first-order valence-electron chi connectivity index (χ1n) is 7.73. The molecule has 0 saturated heterocycles. The van der Waals surface area contributed by atoms with Gasteiger partial charge in [-0.15, -0.1) is 25.3 Å². The molecule has 3 aromatic carbocycles. The Labute approximate surface area is 154 Å². The van der Waals surface area contributed by atoms with Gasteiger partial charge in [0.2, 0.25) is 0 Å². The van der Waals surface area contributed by atoms with Crippen LogP contribution in [0.4, 0.5) is 0 Å². The highest BCUT2D eigenvalue weighted by atomic mass is 32.1. The highest BCUT2D eigenvalue weighted by molar-refractivity contribution is 7.80. The molecule has 0 aliphatic carbocycles. The Morgan fingerprint density at radius 1 is 0.458 bits per heavy atom. The van der Waals surface area contributed by atoms with E-state index in [0.29, 0.717) is 0 Å². The molecule has 0 nitrogen and oxygen atoms in total. The fourth-order valence-corrected chi connectivity index (χ4v) is 2.83. The maximum Gasteiger partial charge on any atom is 0.00459 e. The Kier molecular flexibility index (Phi) is 5.63. The molecule has 0 unspecified atom stereocenters. The predicted molar refractivity (Wildman–Crippen MR) is 112 cm³/mol. The SMILES string of the molecule is Sc1cccc(C=Cc2ccc(C=Cc3cccc(S)c3)cc2)c1. The summed E-state index contributed by atoms with van der Waals surface area (Å²) in [6.07, 6.45) is 8.42. The van der Waals surface area contributed by atoms with Gasteiger partial charge in [-0.25, -0.2) is 0 Å². The van der Waals surface area contributed by atoms with Crippen molar-refractivity contribution in [1.82, 2.24) is 0 Å². The molecule has 3 aromatic rings. The van der Waals surface area contributed by atoms with Gasteiger partial charge in [-0.1, -0.05) is 72.8 Å². The molecule has 0 N–H and O–H groups in total. The molecule has 0 aliphatic rings. The van der Waals surface area contributed by atoms with E-state index in [4.69, 9.17) is 0 Å². The number of benzene rings is 3. The summed E-state index contributed by atoms with van der Waals surface area (Å²) >= 11 is 8.72. The van der Waals surface area contributed by atoms with Crippen LogP contribution < -0.4 is 0 Å². The minimum atomic E-state index is 0.975. The van der Waals surface area contributed by atoms with Crippen molar-refractivity contribution < 1.29 is 0 Å². The highest BCUT2D eigenvalue weighted by Gasteiger charge is 1.92. The van der Waals surface area contributed by atoms with Crippen molar-refractivity contribution in [3.63, 3.8) is 0 Å². The van der Waals surface area contributed by atoms with E-state index in [2.05, 4.69) is 86.0 Å². The predicted octanol–water partition coefficient (Wildman–Crippen LogP) is 6.60. The van der Waals surface area contributed by atoms with Gasteiger partial charge in [0.1, 0.15) is 0 Å². The third-order valence-corrected chi connectivity index (χ3v) is 4.17. The second kappa shape index (κ2) is 8.09. The molecule has 2 heteroatoms. The van der Waals surface area contributed by atoms with Crippen LogP contribution in [-0.4, -0.2) is 0 Å². The van der Waals surface area contributed by atoms with Gasteiger partial charge < -0.3 is 0 Å². The molecule has 0 heterocycles. The molecular formula is C22H18S2. The van der Waals surface area contributed by atoms with E-state index >= 15 is 0 Å². The van der Waals surface area contributed by atoms with Gasteiger partial charge in [0.05, 0.1) is 0 Å². The zero-order valence-electron chi connectivity index (χ0n) is 13.1. The van der Waals surface area contributed by atoms with E-state index in [1.807, 2.05) is 36.4 Å². The van der Waals surface area contributed by atoms with Crippen molar-refractivity contribution in [2.45, 2.75) is 9.79 Å². The fraction of sp³-hybridized carbons (Fsp3) is 0. The summed E-state index contributed by atoms with van der Waals surface area (Å²) in [5.41, 5.74) is 4.65. The lowest BCUT2D eigenvalue weighted by Gasteiger charge is -1.98. The van der Waals surface area contributed by atoms with Crippen LogP contribution in [0, 0.1) is 0 Å². The standard InChI is InChI=1S/C22H18S2/c23-21-5-1-3-19(15-21)13-11-17-7-9-18(10-8-17)12-14-20-4-2-6-22(24)16-20/h1-16,23-24H. The molecule has 0 spiro atoms. The summed E-state index contributed by atoms with van der Waals surface area (Å²) in [7, 11) is 0. The Morgan fingerprint density at radius 3 is 1.21 bits per heavy atom. The summed E-state index contributed by atoms with van der Waals surface area (Å²) in [5.74, 6) is 0. The normalized spacial score (nSPS) is 11.4. The molecule has 0 radical (unpaired) electrons. The van der Waals surface area contributed by atoms with Gasteiger partial charge >= 0.3 is 0 Å². The Morgan fingerprint density at radius 2 is 0.833 bits per heavy atom. The molecule has 0 aliphatic heterocycles. The van der Waals surface area contributed by atoms with Crippen molar-refractivity contribution in [3.05, 3.63) is 95.1 Å². The van der Waals surface area contributed by atoms with Crippen LogP contribution in [0.5, 0.6) is 0 Å². The maximum absolute atomic E-state index is 4.36. The van der Waals surface area contributed by atoms with Crippen molar-refractivity contribution >= 4 is 49.6 Å². The van der Waals surface area contributed by atoms with Crippen LogP contribution in [0.1, 0.15) is 22.3 Å². The Hall–Kier alpha value is -2.16. The van der Waals surface area contributed by atoms with E-state index in [9.17, 15) is 0 Å². The summed E-state index contributed by atoms with van der Waals surface area (Å²) in [6.45, 7) is 0. The van der Waals surface area contributed by atoms with Gasteiger partial charge in [-0.3, -0.25) is 0 Å². The third-order valence-electron chi connectivity index (χ3n) is 3.61. The van der Waals surface area contributed by atoms with Crippen LogP contribution in [0.2, 0.25) is 0 Å². The average molecular weight is 347 g/mol. The Balaban J connectivity index is 1.69. The first kappa shape index (κ1) is 16.7. The second-order valence-electron chi connectivity index (χ2n) is 5.52. The van der Waals surface area contributed by atoms with Crippen LogP contribution in [0.15, 0.2) is 82.6 Å². The van der Waals surface area contributed by atoms with E-state index in [1.54, 1.807) is 0 Å². The molecule has 118 valence electrons. The summed E-state index contributed by atoms with van der Waals surface area (Å²) in [6, 6.07) is 24.7. The lowest BCUT2D eigenvalue weighted by molar-refractivity contribution is 1.46. The molecule has 0 fully saturated rings. The molecule has 0 aromatic heterocycles. The monoisotopic (exact) mass is 346 g/mol. The van der Waals surface area contributed by atoms with E-state index in [1.165, 1.54) is 11.1 Å². The summed E-state index contributed by atoms with van der Waals surface area (Å²) in [5, 5.41) is 0. The van der Waals surface area contributed by atoms with Gasteiger partial charge in [0.15, 0.2) is 0 Å². The number of hydrogen-bond acceptors (Lipinski definition) is 2. The molecule has 3 rings (SSSR count). The third kappa shape index (κ3) is 4.92. The first-order valence-corrected chi connectivity index (χ1v) is 8.63. The quantitative estimate of drug-likeness (QED) is 0.386. The number of rotatable bonds is 4. The lowest BCUT2D eigenvalue weighted by Crippen LogP contribution is -1.76. The lowest BCUT2D eigenvalue weighted by atomic mass is 10.1. The van der Waals surface area contributed by atoms with Gasteiger partial charge in [0.25, 0.3) is 0 Å². The molecule has 0 amide bonds. The largest absolute Gasteiger partial charge is 0.143 e. The first-order chi connectivity index (χ1) is 11.7. The van der Waals surface area contributed by atoms with Gasteiger partial charge in [-0.05, 0) is 46.5 Å². The molecule has 0 atom stereocenters. The Bertz CT molecular complexity index is 800. The van der Waals surface area contributed by atoms with Crippen LogP contribution in [-0.2, 0) is 0 Å². The molecule has 24 heavy (non-hydrogen) atoms. The number of hydrogen-bond donors (Lipinski definition) is 2. The topological polar surface area (TPSA) is 0 Å². The second-order valence-corrected chi connectivity index (χ2v) is 6.56. The van der Waals surface area contributed by atoms with E-state index in [-0.39, 0.29) is 0 Å². The van der Waals surface area contributed by atoms with Crippen molar-refractivity contribution in [1.29, 1.82) is 0 Å². The smallest absolute Gasteiger partial charge is 0.00459 e. The molecule has 0 bridgehead atoms. The van der Waals surface area contributed by atoms with Crippen LogP contribution in [0.3, 0.4) is 0 Å². The maximum atomic E-state index is 4.36. The zero-order valence-corrected chi connectivity index (χ0v) is 14.9. The van der Waals surface area contributed by atoms with E-state index in [0.717, 1.165) is 20.9 Å². The van der Waals surface area contributed by atoms with Crippen LogP contribution >= 0.6 is 25.3 Å². The van der Waals surface area contributed by atoms with Crippen LogP contribution in [0.25, 0.3) is 24.3 Å². The fourth-order valence-electron chi connectivity index (χ4n) is 2.36. The number of thiol groups is 2. The molecular weight excluding hydrogens is 328 g/mol. The minimum Gasteiger partial charge on any atom is -0.143 e. The summed E-state index contributed by atoms with van der Waals surface area (Å²) < 4.78 is 0. The van der Waals surface area contributed by atoms with Gasteiger partial charge in [-0.2, -0.15) is 0 Å². The average Bonchev–Trinajstić information content (AvgIpc) is 2.59. The summed E-state index contributed by atoms with van der Waals surface area (Å²) in [4.78, 5) is 1.95. The van der Waals surface area contributed by atoms with Crippen molar-refractivity contribution in [2.24, 2.45) is 0 Å². The van der Waals surface area contributed by atoms with Crippen molar-refractivity contribution in [2.75, 3.05) is 0 Å². The molecule has 0 saturated carbocycles. The van der Waals surface area contributed by atoms with Crippen molar-refractivity contribution in [3.8, 4) is 0 Å². The highest BCUT2D eigenvalue weighted by Crippen LogP contribution is 2.15. The van der Waals surface area contributed by atoms with Gasteiger partial charge in [0, 0.05) is 9.79 Å². The zero-order chi connectivity index (χ0) is 16.8. The van der Waals surface area contributed by atoms with E-state index < -0.39 is 0 Å².